The number of aryl methyl sites for hydroxylation is 1. The third-order valence-electron chi connectivity index (χ3n) is 4.26. The summed E-state index contributed by atoms with van der Waals surface area (Å²) in [6.45, 7) is 2.56. The molecule has 118 valence electrons. The molecule has 0 bridgehead atoms. The van der Waals surface area contributed by atoms with Crippen molar-refractivity contribution in [3.05, 3.63) is 29.0 Å². The Hall–Kier alpha value is -1.62. The maximum Gasteiger partial charge on any atom is 0.236 e. The molecule has 22 heavy (non-hydrogen) atoms. The highest BCUT2D eigenvalue weighted by molar-refractivity contribution is 7.13. The fraction of sp³-hybridized carbons (Fsp3) is 0.529. The molecule has 0 aromatic carbocycles. The summed E-state index contributed by atoms with van der Waals surface area (Å²) >= 11 is 1.62. The maximum atomic E-state index is 12.1. The molecule has 0 atom stereocenters. The van der Waals surface area contributed by atoms with E-state index in [0.29, 0.717) is 12.4 Å². The molecule has 4 nitrogen and oxygen atoms in total. The van der Waals surface area contributed by atoms with Crippen LogP contribution < -0.4 is 5.32 Å². The molecular formula is C17H22N2O2S. The highest BCUT2D eigenvalue weighted by atomic mass is 32.1. The molecular weight excluding hydrogens is 296 g/mol. The minimum atomic E-state index is 0.208. The number of nitrogens with zero attached hydrogens (tertiary/aromatic N) is 1. The molecule has 1 aliphatic rings. The highest BCUT2D eigenvalue weighted by Crippen LogP contribution is 2.26. The van der Waals surface area contributed by atoms with Gasteiger partial charge in [0.05, 0.1) is 10.6 Å². The van der Waals surface area contributed by atoms with Gasteiger partial charge < -0.3 is 9.73 Å². The van der Waals surface area contributed by atoms with E-state index in [9.17, 15) is 4.79 Å². The Morgan fingerprint density at radius 1 is 1.41 bits per heavy atom. The summed E-state index contributed by atoms with van der Waals surface area (Å²) in [6, 6.07) is 3.99. The van der Waals surface area contributed by atoms with Crippen LogP contribution >= 0.6 is 11.3 Å². The lowest BCUT2D eigenvalue weighted by Crippen LogP contribution is -2.33. The average Bonchev–Trinajstić information content (AvgIpc) is 3.18. The van der Waals surface area contributed by atoms with Gasteiger partial charge in [0.25, 0.3) is 0 Å². The van der Waals surface area contributed by atoms with Crippen LogP contribution in [0.3, 0.4) is 0 Å². The number of carbonyl (C=O) groups is 1. The zero-order valence-corrected chi connectivity index (χ0v) is 13.7. The monoisotopic (exact) mass is 318 g/mol. The predicted octanol–water partition coefficient (Wildman–Crippen LogP) is 3.95. The number of amides is 1. The summed E-state index contributed by atoms with van der Waals surface area (Å²) < 4.78 is 5.72. The Kier molecular flexibility index (Phi) is 4.93. The quantitative estimate of drug-likeness (QED) is 0.908. The molecule has 2 aromatic heterocycles. The Bertz CT molecular complexity index is 613. The molecule has 1 amide bonds. The van der Waals surface area contributed by atoms with Crippen molar-refractivity contribution in [1.82, 2.24) is 10.3 Å². The van der Waals surface area contributed by atoms with Crippen molar-refractivity contribution in [1.29, 1.82) is 0 Å². The average molecular weight is 318 g/mol. The molecule has 5 heteroatoms. The Morgan fingerprint density at radius 2 is 2.23 bits per heavy atom. The molecule has 1 fully saturated rings. The number of hydrogen-bond donors (Lipinski definition) is 1. The summed E-state index contributed by atoms with van der Waals surface area (Å²) in [7, 11) is 0. The molecule has 0 unspecified atom stereocenters. The molecule has 2 heterocycles. The van der Waals surface area contributed by atoms with Crippen LogP contribution in [0.1, 0.15) is 43.6 Å². The van der Waals surface area contributed by atoms with Crippen molar-refractivity contribution >= 4 is 17.2 Å². The first-order valence-electron chi connectivity index (χ1n) is 8.02. The van der Waals surface area contributed by atoms with Gasteiger partial charge in [0, 0.05) is 18.9 Å². The predicted molar refractivity (Wildman–Crippen MR) is 87.8 cm³/mol. The first-order valence-corrected chi connectivity index (χ1v) is 8.90. The molecule has 0 spiro atoms. The highest BCUT2D eigenvalue weighted by Gasteiger charge is 2.20. The van der Waals surface area contributed by atoms with E-state index in [1.54, 1.807) is 11.3 Å². The van der Waals surface area contributed by atoms with Gasteiger partial charge in [0.2, 0.25) is 11.8 Å². The number of oxazole rings is 1. The van der Waals surface area contributed by atoms with Gasteiger partial charge >= 0.3 is 0 Å². The largest absolute Gasteiger partial charge is 0.440 e. The molecule has 1 saturated carbocycles. The van der Waals surface area contributed by atoms with Crippen LogP contribution in [-0.2, 0) is 11.2 Å². The van der Waals surface area contributed by atoms with E-state index in [4.69, 9.17) is 4.42 Å². The van der Waals surface area contributed by atoms with E-state index in [-0.39, 0.29) is 11.8 Å². The SMILES string of the molecule is Cc1oc(-c2cccs2)nc1CCNC(=O)C1CCCCC1. The van der Waals surface area contributed by atoms with E-state index < -0.39 is 0 Å². The van der Waals surface area contributed by atoms with E-state index in [2.05, 4.69) is 10.3 Å². The Labute approximate surface area is 134 Å². The van der Waals surface area contributed by atoms with Crippen molar-refractivity contribution in [2.45, 2.75) is 45.4 Å². The van der Waals surface area contributed by atoms with Crippen molar-refractivity contribution < 1.29 is 9.21 Å². The van der Waals surface area contributed by atoms with E-state index >= 15 is 0 Å². The molecule has 1 N–H and O–H groups in total. The number of nitrogens with one attached hydrogen (secondary N) is 1. The lowest BCUT2D eigenvalue weighted by atomic mass is 9.89. The lowest BCUT2D eigenvalue weighted by Gasteiger charge is -2.20. The number of rotatable bonds is 5. The van der Waals surface area contributed by atoms with Gasteiger partial charge in [-0.1, -0.05) is 25.3 Å². The fourth-order valence-electron chi connectivity index (χ4n) is 2.98. The van der Waals surface area contributed by atoms with Gasteiger partial charge in [-0.05, 0) is 31.2 Å². The second kappa shape index (κ2) is 7.09. The fourth-order valence-corrected chi connectivity index (χ4v) is 3.63. The van der Waals surface area contributed by atoms with E-state index in [0.717, 1.165) is 35.6 Å². The first kappa shape index (κ1) is 15.3. The van der Waals surface area contributed by atoms with Crippen molar-refractivity contribution in [3.63, 3.8) is 0 Å². The van der Waals surface area contributed by atoms with Crippen molar-refractivity contribution in [2.24, 2.45) is 5.92 Å². The van der Waals surface area contributed by atoms with Crippen LogP contribution in [0.5, 0.6) is 0 Å². The topological polar surface area (TPSA) is 55.1 Å². The molecule has 3 rings (SSSR count). The molecule has 2 aromatic rings. The van der Waals surface area contributed by atoms with E-state index in [1.807, 2.05) is 24.4 Å². The third kappa shape index (κ3) is 3.58. The lowest BCUT2D eigenvalue weighted by molar-refractivity contribution is -0.125. The Balaban J connectivity index is 1.52. The van der Waals surface area contributed by atoms with Gasteiger partial charge in [-0.25, -0.2) is 4.98 Å². The Morgan fingerprint density at radius 3 is 2.95 bits per heavy atom. The number of thiophene rings is 1. The maximum absolute atomic E-state index is 12.1. The summed E-state index contributed by atoms with van der Waals surface area (Å²) in [4.78, 5) is 17.7. The minimum Gasteiger partial charge on any atom is -0.440 e. The van der Waals surface area contributed by atoms with E-state index in [1.165, 1.54) is 19.3 Å². The summed E-state index contributed by atoms with van der Waals surface area (Å²) in [5, 5.41) is 5.07. The molecule has 0 radical (unpaired) electrons. The number of hydrogen-bond acceptors (Lipinski definition) is 4. The second-order valence-corrected chi connectivity index (χ2v) is 6.82. The number of carbonyl (C=O) groups excluding carboxylic acids is 1. The number of aromatic nitrogens is 1. The normalized spacial score (nSPS) is 15.9. The van der Waals surface area contributed by atoms with Crippen molar-refractivity contribution in [3.8, 4) is 10.8 Å². The molecule has 0 saturated heterocycles. The van der Waals surface area contributed by atoms with Crippen LogP contribution in [0.15, 0.2) is 21.9 Å². The van der Waals surface area contributed by atoms with Crippen molar-refractivity contribution in [2.75, 3.05) is 6.54 Å². The summed E-state index contributed by atoms with van der Waals surface area (Å²) in [6.07, 6.45) is 6.44. The molecule has 1 aliphatic carbocycles. The molecule has 0 aliphatic heterocycles. The third-order valence-corrected chi connectivity index (χ3v) is 5.12. The van der Waals surface area contributed by atoms with Crippen LogP contribution in [-0.4, -0.2) is 17.4 Å². The van der Waals surface area contributed by atoms with Gasteiger partial charge in [-0.2, -0.15) is 0 Å². The zero-order valence-electron chi connectivity index (χ0n) is 12.9. The van der Waals surface area contributed by atoms with Crippen LogP contribution in [0.25, 0.3) is 10.8 Å². The van der Waals surface area contributed by atoms with Gasteiger partial charge in [-0.3, -0.25) is 4.79 Å². The summed E-state index contributed by atoms with van der Waals surface area (Å²) in [5.41, 5.74) is 0.937. The second-order valence-electron chi connectivity index (χ2n) is 5.88. The summed E-state index contributed by atoms with van der Waals surface area (Å²) in [5.74, 6) is 1.95. The van der Waals surface area contributed by atoms with Crippen LogP contribution in [0.4, 0.5) is 0 Å². The van der Waals surface area contributed by atoms with Gasteiger partial charge in [0.1, 0.15) is 5.76 Å². The smallest absolute Gasteiger partial charge is 0.236 e. The van der Waals surface area contributed by atoms with Crippen LogP contribution in [0, 0.1) is 12.8 Å². The first-order chi connectivity index (χ1) is 10.7. The van der Waals surface area contributed by atoms with Gasteiger partial charge in [-0.15, -0.1) is 11.3 Å². The van der Waals surface area contributed by atoms with Gasteiger partial charge in [0.15, 0.2) is 0 Å². The zero-order chi connectivity index (χ0) is 15.4. The minimum absolute atomic E-state index is 0.208. The van der Waals surface area contributed by atoms with Crippen LogP contribution in [0.2, 0.25) is 0 Å². The standard InChI is InChI=1S/C17H22N2O2S/c1-12-14(19-17(21-12)15-8-5-11-22-15)9-10-18-16(20)13-6-3-2-4-7-13/h5,8,11,13H,2-4,6-7,9-10H2,1H3,(H,18,20).